The van der Waals surface area contributed by atoms with E-state index in [-0.39, 0.29) is 23.8 Å². The number of hydrogen-bond acceptors (Lipinski definition) is 4. The molecule has 0 saturated carbocycles. The quantitative estimate of drug-likeness (QED) is 0.714. The van der Waals surface area contributed by atoms with Crippen LogP contribution in [0.2, 0.25) is 0 Å². The maximum Gasteiger partial charge on any atom is 0.261 e. The largest absolute Gasteiger partial charge is 0.396 e. The minimum Gasteiger partial charge on any atom is -0.396 e. The maximum absolute atomic E-state index is 12.0. The van der Waals surface area contributed by atoms with Gasteiger partial charge in [0.25, 0.3) is 5.91 Å². The molecule has 1 aromatic rings. The van der Waals surface area contributed by atoms with Crippen molar-refractivity contribution in [2.45, 2.75) is 33.7 Å². The lowest BCUT2D eigenvalue weighted by molar-refractivity contribution is -0.119. The van der Waals surface area contributed by atoms with Gasteiger partial charge in [0.15, 0.2) is 0 Å². The summed E-state index contributed by atoms with van der Waals surface area (Å²) in [5.74, 6) is -0.203. The summed E-state index contributed by atoms with van der Waals surface area (Å²) in [6, 6.07) is 3.60. The third kappa shape index (κ3) is 5.71. The predicted octanol–water partition coefficient (Wildman–Crippen LogP) is 1.52. The summed E-state index contributed by atoms with van der Waals surface area (Å²) in [5, 5.41) is 14.5. The highest BCUT2D eigenvalue weighted by Crippen LogP contribution is 2.20. The molecule has 3 N–H and O–H groups in total. The van der Waals surface area contributed by atoms with Gasteiger partial charge in [0.2, 0.25) is 5.91 Å². The van der Waals surface area contributed by atoms with Gasteiger partial charge in [0, 0.05) is 25.0 Å². The molecular weight excluding hydrogens is 276 g/mol. The van der Waals surface area contributed by atoms with Gasteiger partial charge in [-0.1, -0.05) is 13.8 Å². The SMILES string of the molecule is CC(=O)NCc1ccc(C(=O)NCC(C)(C)CCO)s1. The highest BCUT2D eigenvalue weighted by Gasteiger charge is 2.19. The van der Waals surface area contributed by atoms with Gasteiger partial charge < -0.3 is 15.7 Å². The Morgan fingerprint density at radius 1 is 1.30 bits per heavy atom. The number of hydrogen-bond donors (Lipinski definition) is 3. The smallest absolute Gasteiger partial charge is 0.261 e. The van der Waals surface area contributed by atoms with E-state index in [0.29, 0.717) is 24.4 Å². The van der Waals surface area contributed by atoms with E-state index < -0.39 is 0 Å². The topological polar surface area (TPSA) is 78.4 Å². The summed E-state index contributed by atoms with van der Waals surface area (Å²) in [4.78, 5) is 24.4. The number of amides is 2. The molecule has 5 nitrogen and oxygen atoms in total. The molecule has 1 rings (SSSR count). The molecule has 2 amide bonds. The van der Waals surface area contributed by atoms with Crippen molar-refractivity contribution in [3.05, 3.63) is 21.9 Å². The molecular formula is C14H22N2O3S. The van der Waals surface area contributed by atoms with Crippen LogP contribution >= 0.6 is 11.3 Å². The fourth-order valence-corrected chi connectivity index (χ4v) is 2.47. The molecule has 0 radical (unpaired) electrons. The second-order valence-electron chi connectivity index (χ2n) is 5.50. The second kappa shape index (κ2) is 7.40. The summed E-state index contributed by atoms with van der Waals surface area (Å²) >= 11 is 1.37. The molecule has 0 aromatic carbocycles. The van der Waals surface area contributed by atoms with Gasteiger partial charge in [-0.05, 0) is 24.0 Å². The number of aliphatic hydroxyl groups is 1. The first-order chi connectivity index (χ1) is 9.34. The molecule has 0 aliphatic carbocycles. The van der Waals surface area contributed by atoms with Gasteiger partial charge in [-0.25, -0.2) is 0 Å². The van der Waals surface area contributed by atoms with Gasteiger partial charge in [-0.3, -0.25) is 9.59 Å². The van der Waals surface area contributed by atoms with E-state index in [1.165, 1.54) is 18.3 Å². The standard InChI is InChI=1S/C14H22N2O3S/c1-10(18)15-8-11-4-5-12(20-11)13(19)16-9-14(2,3)6-7-17/h4-5,17H,6-9H2,1-3H3,(H,15,18)(H,16,19). The van der Waals surface area contributed by atoms with Crippen LogP contribution in [0.15, 0.2) is 12.1 Å². The molecule has 0 fully saturated rings. The highest BCUT2D eigenvalue weighted by atomic mass is 32.1. The molecule has 0 unspecified atom stereocenters. The van der Waals surface area contributed by atoms with E-state index in [2.05, 4.69) is 10.6 Å². The number of carbonyl (C=O) groups is 2. The van der Waals surface area contributed by atoms with Crippen molar-refractivity contribution in [2.24, 2.45) is 5.41 Å². The normalized spacial score (nSPS) is 11.2. The van der Waals surface area contributed by atoms with Crippen LogP contribution in [0.25, 0.3) is 0 Å². The number of thiophene rings is 1. The summed E-state index contributed by atoms with van der Waals surface area (Å²) in [6.07, 6.45) is 0.644. The Labute approximate surface area is 123 Å². The van der Waals surface area contributed by atoms with Crippen LogP contribution in [0, 0.1) is 5.41 Å². The second-order valence-corrected chi connectivity index (χ2v) is 6.66. The van der Waals surface area contributed by atoms with Crippen LogP contribution in [-0.2, 0) is 11.3 Å². The average molecular weight is 298 g/mol. The third-order valence-corrected chi connectivity index (χ3v) is 4.00. The Morgan fingerprint density at radius 3 is 2.60 bits per heavy atom. The molecule has 0 aliphatic heterocycles. The lowest BCUT2D eigenvalue weighted by atomic mass is 9.90. The van der Waals surface area contributed by atoms with Gasteiger partial charge in [0.1, 0.15) is 0 Å². The van der Waals surface area contributed by atoms with E-state index in [9.17, 15) is 9.59 Å². The van der Waals surface area contributed by atoms with Crippen LogP contribution in [-0.4, -0.2) is 30.1 Å². The Morgan fingerprint density at radius 2 is 2.00 bits per heavy atom. The van der Waals surface area contributed by atoms with E-state index in [1.807, 2.05) is 19.9 Å². The maximum atomic E-state index is 12.0. The Bertz CT molecular complexity index is 469. The first-order valence-corrected chi connectivity index (χ1v) is 7.38. The number of aliphatic hydroxyl groups excluding tert-OH is 1. The zero-order valence-corrected chi connectivity index (χ0v) is 13.0. The van der Waals surface area contributed by atoms with Crippen molar-refractivity contribution < 1.29 is 14.7 Å². The van der Waals surface area contributed by atoms with Gasteiger partial charge in [0.05, 0.1) is 11.4 Å². The van der Waals surface area contributed by atoms with E-state index in [1.54, 1.807) is 6.07 Å². The first-order valence-electron chi connectivity index (χ1n) is 6.56. The number of nitrogens with one attached hydrogen (secondary N) is 2. The number of rotatable bonds is 7. The molecule has 0 atom stereocenters. The molecule has 20 heavy (non-hydrogen) atoms. The monoisotopic (exact) mass is 298 g/mol. The van der Waals surface area contributed by atoms with Crippen molar-refractivity contribution in [2.75, 3.05) is 13.2 Å². The first kappa shape index (κ1) is 16.7. The molecule has 6 heteroatoms. The summed E-state index contributed by atoms with van der Waals surface area (Å²) in [7, 11) is 0. The molecule has 0 saturated heterocycles. The van der Waals surface area contributed by atoms with Crippen LogP contribution < -0.4 is 10.6 Å². The molecule has 1 heterocycles. The Hall–Kier alpha value is -1.40. The highest BCUT2D eigenvalue weighted by molar-refractivity contribution is 7.14. The van der Waals surface area contributed by atoms with Crippen molar-refractivity contribution >= 4 is 23.2 Å². The lowest BCUT2D eigenvalue weighted by Gasteiger charge is -2.23. The van der Waals surface area contributed by atoms with Crippen LogP contribution in [0.3, 0.4) is 0 Å². The van der Waals surface area contributed by atoms with Crippen LogP contribution in [0.1, 0.15) is 41.7 Å². The van der Waals surface area contributed by atoms with E-state index in [4.69, 9.17) is 5.11 Å². The molecule has 0 spiro atoms. The van der Waals surface area contributed by atoms with Crippen molar-refractivity contribution in [3.63, 3.8) is 0 Å². The van der Waals surface area contributed by atoms with Gasteiger partial charge in [-0.15, -0.1) is 11.3 Å². The predicted molar refractivity (Wildman–Crippen MR) is 79.7 cm³/mol. The van der Waals surface area contributed by atoms with E-state index in [0.717, 1.165) is 4.88 Å². The molecule has 1 aromatic heterocycles. The lowest BCUT2D eigenvalue weighted by Crippen LogP contribution is -2.34. The van der Waals surface area contributed by atoms with E-state index >= 15 is 0 Å². The number of carbonyl (C=O) groups excluding carboxylic acids is 2. The molecule has 0 aliphatic rings. The van der Waals surface area contributed by atoms with Crippen molar-refractivity contribution in [1.29, 1.82) is 0 Å². The minimum atomic E-state index is -0.124. The fraction of sp³-hybridized carbons (Fsp3) is 0.571. The van der Waals surface area contributed by atoms with Gasteiger partial charge >= 0.3 is 0 Å². The van der Waals surface area contributed by atoms with Gasteiger partial charge in [-0.2, -0.15) is 0 Å². The zero-order chi connectivity index (χ0) is 15.2. The van der Waals surface area contributed by atoms with Crippen LogP contribution in [0.5, 0.6) is 0 Å². The minimum absolute atomic E-state index is 0.0878. The van der Waals surface area contributed by atoms with Crippen molar-refractivity contribution in [3.8, 4) is 0 Å². The third-order valence-electron chi connectivity index (χ3n) is 2.91. The average Bonchev–Trinajstić information content (AvgIpc) is 2.82. The molecule has 112 valence electrons. The summed E-state index contributed by atoms with van der Waals surface area (Å²) < 4.78 is 0. The van der Waals surface area contributed by atoms with Crippen LogP contribution in [0.4, 0.5) is 0 Å². The molecule has 0 bridgehead atoms. The Kier molecular flexibility index (Phi) is 6.16. The van der Waals surface area contributed by atoms with Crippen molar-refractivity contribution in [1.82, 2.24) is 10.6 Å². The summed E-state index contributed by atoms with van der Waals surface area (Å²) in [5.41, 5.74) is -0.124. The fourth-order valence-electron chi connectivity index (χ4n) is 1.60. The Balaban J connectivity index is 2.50. The summed E-state index contributed by atoms with van der Waals surface area (Å²) in [6.45, 7) is 6.54. The zero-order valence-electron chi connectivity index (χ0n) is 12.2.